The number of benzene rings is 1. The molecule has 2 heterocycles. The highest BCUT2D eigenvalue weighted by molar-refractivity contribution is 5.76. The lowest BCUT2D eigenvalue weighted by Crippen LogP contribution is -2.31. The summed E-state index contributed by atoms with van der Waals surface area (Å²) in [5, 5.41) is 18.7. The lowest BCUT2D eigenvalue weighted by atomic mass is 10.2. The zero-order valence-corrected chi connectivity index (χ0v) is 11.1. The van der Waals surface area contributed by atoms with E-state index in [4.69, 9.17) is 0 Å². The molecule has 0 spiro atoms. The van der Waals surface area contributed by atoms with Gasteiger partial charge in [0, 0.05) is 12.1 Å². The molecule has 0 aliphatic heterocycles. The minimum Gasteiger partial charge on any atom is -0.288 e. The highest BCUT2D eigenvalue weighted by Crippen LogP contribution is 2.07. The van der Waals surface area contributed by atoms with Crippen molar-refractivity contribution in [2.75, 3.05) is 0 Å². The molecule has 0 fully saturated rings. The van der Waals surface area contributed by atoms with Gasteiger partial charge < -0.3 is 0 Å². The van der Waals surface area contributed by atoms with Crippen LogP contribution < -0.4 is 11.1 Å². The maximum Gasteiger partial charge on any atom is 0.285 e. The molecule has 0 unspecified atom stereocenters. The normalized spacial score (nSPS) is 10.7. The van der Waals surface area contributed by atoms with Crippen LogP contribution in [0.2, 0.25) is 0 Å². The van der Waals surface area contributed by atoms with Crippen molar-refractivity contribution in [1.29, 1.82) is 0 Å². The maximum atomic E-state index is 12.3. The molecule has 0 aliphatic rings. The Hall–Kier alpha value is -3.36. The fourth-order valence-electron chi connectivity index (χ4n) is 2.00. The second-order valence-corrected chi connectivity index (χ2v) is 4.51. The molecule has 0 aliphatic carbocycles. The third-order valence-corrected chi connectivity index (χ3v) is 3.09. The molecule has 2 aromatic heterocycles. The Morgan fingerprint density at radius 3 is 2.68 bits per heavy atom. The smallest absolute Gasteiger partial charge is 0.285 e. The summed E-state index contributed by atoms with van der Waals surface area (Å²) in [6, 6.07) is 8.83. The van der Waals surface area contributed by atoms with Gasteiger partial charge in [-0.25, -0.2) is 0 Å². The standard InChI is InChI=1S/C13H9N5O4/c19-12-6-5-9(18(21)22)7-16(12)8-17-13(20)10-3-1-2-4-11(10)14-15-17/h1-7H,8H2. The summed E-state index contributed by atoms with van der Waals surface area (Å²) in [5.74, 6) is 0. The SMILES string of the molecule is O=c1ccc([N+](=O)[O-])cn1Cn1nnc2ccccc2c1=O. The van der Waals surface area contributed by atoms with Crippen LogP contribution in [0.1, 0.15) is 0 Å². The molecule has 0 saturated heterocycles. The van der Waals surface area contributed by atoms with Crippen molar-refractivity contribution in [2.45, 2.75) is 6.67 Å². The molecule has 0 amide bonds. The zero-order chi connectivity index (χ0) is 15.7. The first-order chi connectivity index (χ1) is 10.6. The Balaban J connectivity index is 2.09. The van der Waals surface area contributed by atoms with E-state index >= 15 is 0 Å². The lowest BCUT2D eigenvalue weighted by molar-refractivity contribution is -0.385. The Kier molecular flexibility index (Phi) is 3.22. The molecule has 3 rings (SSSR count). The van der Waals surface area contributed by atoms with Crippen molar-refractivity contribution in [3.63, 3.8) is 0 Å². The van der Waals surface area contributed by atoms with Crippen LogP contribution >= 0.6 is 0 Å². The molecule has 0 atom stereocenters. The van der Waals surface area contributed by atoms with Crippen LogP contribution in [0, 0.1) is 10.1 Å². The first-order valence-electron chi connectivity index (χ1n) is 6.24. The van der Waals surface area contributed by atoms with E-state index in [0.717, 1.165) is 27.6 Å². The van der Waals surface area contributed by atoms with Gasteiger partial charge in [-0.3, -0.25) is 24.3 Å². The number of nitrogens with zero attached hydrogens (tertiary/aromatic N) is 5. The second-order valence-electron chi connectivity index (χ2n) is 4.51. The van der Waals surface area contributed by atoms with Crippen molar-refractivity contribution in [2.24, 2.45) is 0 Å². The number of pyridine rings is 1. The van der Waals surface area contributed by atoms with Gasteiger partial charge in [0.1, 0.15) is 12.2 Å². The van der Waals surface area contributed by atoms with Gasteiger partial charge in [-0.1, -0.05) is 17.3 Å². The van der Waals surface area contributed by atoms with Crippen molar-refractivity contribution in [3.8, 4) is 0 Å². The summed E-state index contributed by atoms with van der Waals surface area (Å²) in [6.45, 7) is -0.253. The molecule has 22 heavy (non-hydrogen) atoms. The first-order valence-corrected chi connectivity index (χ1v) is 6.24. The van der Waals surface area contributed by atoms with Gasteiger partial charge >= 0.3 is 0 Å². The Morgan fingerprint density at radius 1 is 1.14 bits per heavy atom. The molecule has 0 radical (unpaired) electrons. The lowest BCUT2D eigenvalue weighted by Gasteiger charge is -2.07. The van der Waals surface area contributed by atoms with Crippen LogP contribution in [-0.2, 0) is 6.67 Å². The van der Waals surface area contributed by atoms with E-state index < -0.39 is 16.0 Å². The molecule has 110 valence electrons. The van der Waals surface area contributed by atoms with Crippen molar-refractivity contribution in [1.82, 2.24) is 19.6 Å². The van der Waals surface area contributed by atoms with E-state index in [-0.39, 0.29) is 12.4 Å². The predicted molar refractivity (Wildman–Crippen MR) is 76.6 cm³/mol. The molecular formula is C13H9N5O4. The van der Waals surface area contributed by atoms with E-state index in [9.17, 15) is 19.7 Å². The van der Waals surface area contributed by atoms with Crippen LogP contribution in [0.4, 0.5) is 5.69 Å². The third-order valence-electron chi connectivity index (χ3n) is 3.09. The highest BCUT2D eigenvalue weighted by Gasteiger charge is 2.10. The second kappa shape index (κ2) is 5.20. The molecule has 0 bridgehead atoms. The van der Waals surface area contributed by atoms with Crippen molar-refractivity contribution >= 4 is 16.6 Å². The third kappa shape index (κ3) is 2.35. The Bertz CT molecular complexity index is 991. The molecule has 9 nitrogen and oxygen atoms in total. The quantitative estimate of drug-likeness (QED) is 0.510. The van der Waals surface area contributed by atoms with Crippen LogP contribution in [0.15, 0.2) is 52.2 Å². The summed E-state index contributed by atoms with van der Waals surface area (Å²) >= 11 is 0. The average molecular weight is 299 g/mol. The van der Waals surface area contributed by atoms with Crippen LogP contribution in [0.3, 0.4) is 0 Å². The van der Waals surface area contributed by atoms with Gasteiger partial charge in [0.05, 0.1) is 16.5 Å². The van der Waals surface area contributed by atoms with Crippen molar-refractivity contribution in [3.05, 3.63) is 73.4 Å². The molecule has 3 aromatic rings. The van der Waals surface area contributed by atoms with Gasteiger partial charge in [-0.2, -0.15) is 4.68 Å². The van der Waals surface area contributed by atoms with E-state index in [1.807, 2.05) is 0 Å². The van der Waals surface area contributed by atoms with E-state index in [1.165, 1.54) is 0 Å². The largest absolute Gasteiger partial charge is 0.288 e. The number of hydrogen-bond acceptors (Lipinski definition) is 6. The molecular weight excluding hydrogens is 290 g/mol. The van der Waals surface area contributed by atoms with Gasteiger partial charge in [0.2, 0.25) is 0 Å². The van der Waals surface area contributed by atoms with Gasteiger partial charge in [0.15, 0.2) is 0 Å². The van der Waals surface area contributed by atoms with Crippen molar-refractivity contribution < 1.29 is 4.92 Å². The number of fused-ring (bicyclic) bond motifs is 1. The monoisotopic (exact) mass is 299 g/mol. The summed E-state index contributed by atoms with van der Waals surface area (Å²) in [6.07, 6.45) is 1.06. The molecule has 1 aromatic carbocycles. The fraction of sp³-hybridized carbons (Fsp3) is 0.0769. The number of aromatic nitrogens is 4. The molecule has 9 heteroatoms. The van der Waals surface area contributed by atoms with Gasteiger partial charge in [-0.05, 0) is 12.1 Å². The number of rotatable bonds is 3. The van der Waals surface area contributed by atoms with Gasteiger partial charge in [0.25, 0.3) is 16.8 Å². The summed E-state index contributed by atoms with van der Waals surface area (Å²) < 4.78 is 2.01. The minimum atomic E-state index is -0.620. The van der Waals surface area contributed by atoms with Crippen LogP contribution in [0.5, 0.6) is 0 Å². The zero-order valence-electron chi connectivity index (χ0n) is 11.1. The van der Waals surface area contributed by atoms with E-state index in [1.54, 1.807) is 24.3 Å². The summed E-state index contributed by atoms with van der Waals surface area (Å²) in [4.78, 5) is 34.2. The van der Waals surface area contributed by atoms with Crippen LogP contribution in [-0.4, -0.2) is 24.5 Å². The summed E-state index contributed by atoms with van der Waals surface area (Å²) in [5.41, 5.74) is -0.715. The number of hydrogen-bond donors (Lipinski definition) is 0. The molecule has 0 N–H and O–H groups in total. The van der Waals surface area contributed by atoms with Crippen LogP contribution in [0.25, 0.3) is 10.9 Å². The number of nitro groups is 1. The maximum absolute atomic E-state index is 12.3. The predicted octanol–water partition coefficient (Wildman–Crippen LogP) is 0.367. The fourth-order valence-corrected chi connectivity index (χ4v) is 2.00. The topological polar surface area (TPSA) is 113 Å². The minimum absolute atomic E-state index is 0.249. The first kappa shape index (κ1) is 13.6. The average Bonchev–Trinajstić information content (AvgIpc) is 2.52. The van der Waals surface area contributed by atoms with Gasteiger partial charge in [-0.15, -0.1) is 5.10 Å². The Labute approximate surface area is 122 Å². The highest BCUT2D eigenvalue weighted by atomic mass is 16.6. The molecule has 0 saturated carbocycles. The van der Waals surface area contributed by atoms with E-state index in [0.29, 0.717) is 10.9 Å². The Morgan fingerprint density at radius 2 is 1.91 bits per heavy atom. The van der Waals surface area contributed by atoms with E-state index in [2.05, 4.69) is 10.3 Å². The summed E-state index contributed by atoms with van der Waals surface area (Å²) in [7, 11) is 0.